The first kappa shape index (κ1) is 13.2. The highest BCUT2D eigenvalue weighted by atomic mass is 32.1. The number of hydrogen-bond donors (Lipinski definition) is 0. The average Bonchev–Trinajstić information content (AvgIpc) is 2.77. The summed E-state index contributed by atoms with van der Waals surface area (Å²) in [5.41, 5.74) is 0. The molecule has 0 aromatic carbocycles. The molecule has 0 bridgehead atoms. The van der Waals surface area contributed by atoms with Crippen LogP contribution in [0.4, 0.5) is 0 Å². The largest absolute Gasteiger partial charge is 0.469 e. The summed E-state index contributed by atoms with van der Waals surface area (Å²) >= 11 is 1.78. The van der Waals surface area contributed by atoms with Crippen LogP contribution in [0, 0.1) is 0 Å². The fraction of sp³-hybridized carbons (Fsp3) is 0.583. The number of esters is 1. The highest BCUT2D eigenvalue weighted by Crippen LogP contribution is 2.13. The summed E-state index contributed by atoms with van der Waals surface area (Å²) in [6, 6.07) is 4.67. The zero-order valence-electron chi connectivity index (χ0n) is 10.1. The first-order chi connectivity index (χ1) is 7.63. The van der Waals surface area contributed by atoms with Gasteiger partial charge in [-0.3, -0.25) is 4.79 Å². The molecule has 0 fully saturated rings. The molecule has 0 radical (unpaired) electrons. The van der Waals surface area contributed by atoms with E-state index in [4.69, 9.17) is 0 Å². The Morgan fingerprint density at radius 3 is 2.94 bits per heavy atom. The number of methoxy groups -OCH3 is 1. The molecule has 0 aliphatic rings. The van der Waals surface area contributed by atoms with Crippen molar-refractivity contribution < 1.29 is 9.53 Å². The zero-order chi connectivity index (χ0) is 12.0. The van der Waals surface area contributed by atoms with Gasteiger partial charge in [-0.05, 0) is 31.8 Å². The van der Waals surface area contributed by atoms with Crippen molar-refractivity contribution >= 4 is 17.3 Å². The molecule has 1 aromatic rings. The number of hydrogen-bond acceptors (Lipinski definition) is 4. The normalized spacial score (nSPS) is 12.8. The molecule has 1 aromatic heterocycles. The number of carbonyl (C=O) groups is 1. The third-order valence-electron chi connectivity index (χ3n) is 2.73. The van der Waals surface area contributed by atoms with Crippen LogP contribution in [0.3, 0.4) is 0 Å². The molecule has 1 rings (SSSR count). The van der Waals surface area contributed by atoms with Gasteiger partial charge in [-0.25, -0.2) is 0 Å². The highest BCUT2D eigenvalue weighted by Gasteiger charge is 2.12. The fourth-order valence-corrected chi connectivity index (χ4v) is 2.29. The zero-order valence-corrected chi connectivity index (χ0v) is 10.9. The maximum absolute atomic E-state index is 11.0. The Bertz CT molecular complexity index is 311. The van der Waals surface area contributed by atoms with Crippen molar-refractivity contribution in [1.82, 2.24) is 4.90 Å². The van der Waals surface area contributed by atoms with Crippen molar-refractivity contribution in [2.75, 3.05) is 20.7 Å². The van der Waals surface area contributed by atoms with Crippen molar-refractivity contribution in [3.8, 4) is 0 Å². The van der Waals surface area contributed by atoms with Gasteiger partial charge in [0.25, 0.3) is 0 Å². The lowest BCUT2D eigenvalue weighted by molar-refractivity contribution is -0.141. The van der Waals surface area contributed by atoms with Gasteiger partial charge in [-0.15, -0.1) is 11.3 Å². The topological polar surface area (TPSA) is 29.5 Å². The Hall–Kier alpha value is -0.870. The Balaban J connectivity index is 2.30. The van der Waals surface area contributed by atoms with E-state index in [9.17, 15) is 4.79 Å². The van der Waals surface area contributed by atoms with Crippen LogP contribution in [0.5, 0.6) is 0 Å². The fourth-order valence-electron chi connectivity index (χ4n) is 1.47. The average molecular weight is 241 g/mol. The maximum Gasteiger partial charge on any atom is 0.306 e. The molecule has 0 saturated carbocycles. The SMILES string of the molecule is COC(=O)CCN(C)C(C)Cc1cccs1. The van der Waals surface area contributed by atoms with Crippen molar-refractivity contribution in [2.45, 2.75) is 25.8 Å². The molecule has 3 nitrogen and oxygen atoms in total. The predicted molar refractivity (Wildman–Crippen MR) is 66.7 cm³/mol. The lowest BCUT2D eigenvalue weighted by Gasteiger charge is -2.23. The van der Waals surface area contributed by atoms with Crippen LogP contribution < -0.4 is 0 Å². The van der Waals surface area contributed by atoms with E-state index in [0.717, 1.165) is 13.0 Å². The molecule has 16 heavy (non-hydrogen) atoms. The minimum atomic E-state index is -0.143. The number of rotatable bonds is 6. The number of likely N-dealkylation sites (N-methyl/N-ethyl adjacent to an activating group) is 1. The molecule has 0 aliphatic carbocycles. The second-order valence-electron chi connectivity index (χ2n) is 3.94. The van der Waals surface area contributed by atoms with E-state index in [1.54, 1.807) is 11.3 Å². The molecule has 0 aliphatic heterocycles. The van der Waals surface area contributed by atoms with Crippen molar-refractivity contribution in [3.63, 3.8) is 0 Å². The van der Waals surface area contributed by atoms with Crippen molar-refractivity contribution in [3.05, 3.63) is 22.4 Å². The van der Waals surface area contributed by atoms with Gasteiger partial charge < -0.3 is 9.64 Å². The second-order valence-corrected chi connectivity index (χ2v) is 4.97. The van der Waals surface area contributed by atoms with Crippen LogP contribution in [-0.2, 0) is 16.0 Å². The molecule has 0 spiro atoms. The third-order valence-corrected chi connectivity index (χ3v) is 3.62. The summed E-state index contributed by atoms with van der Waals surface area (Å²) in [6.07, 6.45) is 1.50. The molecule has 90 valence electrons. The number of carbonyl (C=O) groups excluding carboxylic acids is 1. The van der Waals surface area contributed by atoms with E-state index in [1.165, 1.54) is 12.0 Å². The molecule has 1 heterocycles. The lowest BCUT2D eigenvalue weighted by Crippen LogP contribution is -2.32. The van der Waals surface area contributed by atoms with E-state index in [-0.39, 0.29) is 5.97 Å². The van der Waals surface area contributed by atoms with Gasteiger partial charge in [-0.1, -0.05) is 6.07 Å². The van der Waals surface area contributed by atoms with E-state index in [0.29, 0.717) is 12.5 Å². The van der Waals surface area contributed by atoms with Crippen LogP contribution in [0.2, 0.25) is 0 Å². The smallest absolute Gasteiger partial charge is 0.306 e. The van der Waals surface area contributed by atoms with Crippen LogP contribution in [0.25, 0.3) is 0 Å². The summed E-state index contributed by atoms with van der Waals surface area (Å²) in [6.45, 7) is 2.93. The maximum atomic E-state index is 11.0. The summed E-state index contributed by atoms with van der Waals surface area (Å²) in [5.74, 6) is -0.143. The number of nitrogens with zero attached hydrogens (tertiary/aromatic N) is 1. The van der Waals surface area contributed by atoms with E-state index in [2.05, 4.69) is 34.1 Å². The Kier molecular flexibility index (Phi) is 5.49. The Morgan fingerprint density at radius 2 is 2.38 bits per heavy atom. The molecular formula is C12H19NO2S. The Morgan fingerprint density at radius 1 is 1.62 bits per heavy atom. The van der Waals surface area contributed by atoms with Crippen LogP contribution in [-0.4, -0.2) is 37.6 Å². The number of thiophene rings is 1. The molecule has 0 amide bonds. The van der Waals surface area contributed by atoms with Crippen molar-refractivity contribution in [1.29, 1.82) is 0 Å². The van der Waals surface area contributed by atoms with E-state index in [1.807, 2.05) is 7.05 Å². The standard InChI is InChI=1S/C12H19NO2S/c1-10(9-11-5-4-8-16-11)13(2)7-6-12(14)15-3/h4-5,8,10H,6-7,9H2,1-3H3. The van der Waals surface area contributed by atoms with E-state index < -0.39 is 0 Å². The third kappa shape index (κ3) is 4.33. The minimum Gasteiger partial charge on any atom is -0.469 e. The summed E-state index contributed by atoms with van der Waals surface area (Å²) in [5, 5.41) is 2.09. The van der Waals surface area contributed by atoms with Gasteiger partial charge in [0.2, 0.25) is 0 Å². The van der Waals surface area contributed by atoms with Gasteiger partial charge in [-0.2, -0.15) is 0 Å². The molecule has 0 N–H and O–H groups in total. The van der Waals surface area contributed by atoms with Gasteiger partial charge >= 0.3 is 5.97 Å². The monoisotopic (exact) mass is 241 g/mol. The van der Waals surface area contributed by atoms with Gasteiger partial charge in [0.1, 0.15) is 0 Å². The van der Waals surface area contributed by atoms with Crippen LogP contribution in [0.1, 0.15) is 18.2 Å². The van der Waals surface area contributed by atoms with Crippen LogP contribution >= 0.6 is 11.3 Å². The van der Waals surface area contributed by atoms with Crippen molar-refractivity contribution in [2.24, 2.45) is 0 Å². The molecule has 1 atom stereocenters. The van der Waals surface area contributed by atoms with Crippen LogP contribution in [0.15, 0.2) is 17.5 Å². The molecule has 1 unspecified atom stereocenters. The predicted octanol–water partition coefficient (Wildman–Crippen LogP) is 2.17. The number of ether oxygens (including phenoxy) is 1. The summed E-state index contributed by atoms with van der Waals surface area (Å²) < 4.78 is 4.62. The molecular weight excluding hydrogens is 222 g/mol. The summed E-state index contributed by atoms with van der Waals surface area (Å²) in [7, 11) is 3.47. The molecule has 4 heteroatoms. The van der Waals surface area contributed by atoms with Gasteiger partial charge in [0.15, 0.2) is 0 Å². The first-order valence-electron chi connectivity index (χ1n) is 5.43. The quantitative estimate of drug-likeness (QED) is 0.715. The molecule has 0 saturated heterocycles. The summed E-state index contributed by atoms with van der Waals surface area (Å²) in [4.78, 5) is 14.6. The second kappa shape index (κ2) is 6.66. The Labute approximate surface area is 101 Å². The lowest BCUT2D eigenvalue weighted by atomic mass is 10.2. The minimum absolute atomic E-state index is 0.143. The highest BCUT2D eigenvalue weighted by molar-refractivity contribution is 7.09. The van der Waals surface area contributed by atoms with Gasteiger partial charge in [0, 0.05) is 17.5 Å². The van der Waals surface area contributed by atoms with Gasteiger partial charge in [0.05, 0.1) is 13.5 Å². The van der Waals surface area contributed by atoms with E-state index >= 15 is 0 Å². The first-order valence-corrected chi connectivity index (χ1v) is 6.31.